The van der Waals surface area contributed by atoms with Gasteiger partial charge in [-0.05, 0) is 31.0 Å². The van der Waals surface area contributed by atoms with Gasteiger partial charge in [0, 0.05) is 36.1 Å². The van der Waals surface area contributed by atoms with Crippen LogP contribution >= 0.6 is 0 Å². The average Bonchev–Trinajstić information content (AvgIpc) is 3.56. The molecule has 5 rings (SSSR count). The summed E-state index contributed by atoms with van der Waals surface area (Å²) in [5.41, 5.74) is 1.80. The Kier molecular flexibility index (Phi) is 4.58. The normalized spacial score (nSPS) is 13.4. The first-order chi connectivity index (χ1) is 15.1. The Labute approximate surface area is 177 Å². The van der Waals surface area contributed by atoms with Crippen LogP contribution in [-0.2, 0) is 4.79 Å². The molecule has 3 heterocycles. The number of oxazole rings is 1. The summed E-state index contributed by atoms with van der Waals surface area (Å²) in [5.74, 6) is 2.68. The highest BCUT2D eigenvalue weighted by atomic mass is 16.5. The van der Waals surface area contributed by atoms with Gasteiger partial charge in [-0.15, -0.1) is 0 Å². The number of pyridine rings is 2. The number of hydrogen-bond donors (Lipinski definition) is 2. The molecule has 4 aromatic rings. The zero-order valence-electron chi connectivity index (χ0n) is 17.4. The summed E-state index contributed by atoms with van der Waals surface area (Å²) >= 11 is 0. The van der Waals surface area contributed by atoms with Gasteiger partial charge in [-0.3, -0.25) is 4.79 Å². The maximum absolute atomic E-state index is 12.2. The molecule has 0 atom stereocenters. The van der Waals surface area contributed by atoms with Crippen LogP contribution in [-0.4, -0.2) is 42.1 Å². The number of carbonyl (C=O) groups is 1. The number of nitrogens with one attached hydrogen (secondary N) is 2. The van der Waals surface area contributed by atoms with Crippen LogP contribution in [0, 0.1) is 5.92 Å². The molecular formula is C22H21N5O4. The number of benzene rings is 1. The number of amides is 1. The molecule has 0 saturated heterocycles. The maximum atomic E-state index is 12.2. The number of methoxy groups -OCH3 is 2. The van der Waals surface area contributed by atoms with E-state index in [0.29, 0.717) is 45.7 Å². The molecule has 3 aromatic heterocycles. The SMILES string of the molecule is CNc1ncc(-c2nc3c(OC)c(OC)ccc3o2)c2cc(NC(=O)C3CC3)ncc12. The van der Waals surface area contributed by atoms with Crippen molar-refractivity contribution < 1.29 is 18.7 Å². The van der Waals surface area contributed by atoms with E-state index in [1.165, 1.54) is 0 Å². The third-order valence-electron chi connectivity index (χ3n) is 5.34. The number of rotatable bonds is 6. The molecule has 1 saturated carbocycles. The molecule has 1 aliphatic rings. The van der Waals surface area contributed by atoms with Crippen LogP contribution in [0.4, 0.5) is 11.6 Å². The summed E-state index contributed by atoms with van der Waals surface area (Å²) in [6.07, 6.45) is 5.22. The fourth-order valence-electron chi connectivity index (χ4n) is 3.57. The summed E-state index contributed by atoms with van der Waals surface area (Å²) in [7, 11) is 4.93. The Morgan fingerprint density at radius 3 is 2.68 bits per heavy atom. The van der Waals surface area contributed by atoms with Gasteiger partial charge in [0.25, 0.3) is 0 Å². The second-order valence-corrected chi connectivity index (χ2v) is 7.32. The van der Waals surface area contributed by atoms with Gasteiger partial charge in [-0.1, -0.05) is 0 Å². The first kappa shape index (κ1) is 19.1. The molecule has 0 spiro atoms. The molecule has 0 radical (unpaired) electrons. The molecule has 31 heavy (non-hydrogen) atoms. The monoisotopic (exact) mass is 419 g/mol. The van der Waals surface area contributed by atoms with Crippen molar-refractivity contribution in [3.05, 3.63) is 30.6 Å². The Morgan fingerprint density at radius 1 is 1.13 bits per heavy atom. The molecule has 9 nitrogen and oxygen atoms in total. The van der Waals surface area contributed by atoms with Crippen LogP contribution in [0.15, 0.2) is 35.0 Å². The summed E-state index contributed by atoms with van der Waals surface area (Å²) in [6.45, 7) is 0. The van der Waals surface area contributed by atoms with Crippen molar-refractivity contribution in [2.75, 3.05) is 31.9 Å². The molecule has 158 valence electrons. The smallest absolute Gasteiger partial charge is 0.229 e. The number of nitrogens with zero attached hydrogens (tertiary/aromatic N) is 3. The van der Waals surface area contributed by atoms with Crippen molar-refractivity contribution in [2.24, 2.45) is 5.92 Å². The van der Waals surface area contributed by atoms with Gasteiger partial charge in [-0.25, -0.2) is 15.0 Å². The zero-order valence-corrected chi connectivity index (χ0v) is 17.4. The quantitative estimate of drug-likeness (QED) is 0.485. The predicted molar refractivity (Wildman–Crippen MR) is 117 cm³/mol. The zero-order chi connectivity index (χ0) is 21.5. The van der Waals surface area contributed by atoms with E-state index in [4.69, 9.17) is 13.9 Å². The Hall–Kier alpha value is -3.88. The lowest BCUT2D eigenvalue weighted by Crippen LogP contribution is -2.14. The standard InChI is InChI=1S/C22H21N5O4/c1-23-20-13-9-24-17(26-21(28)11-4-5-11)8-12(13)14(10-25-20)22-27-18-15(31-22)6-7-16(29-2)19(18)30-3/h6-11H,4-5H2,1-3H3,(H,23,25)(H,24,26,28). The number of anilines is 2. The molecule has 1 amide bonds. The van der Waals surface area contributed by atoms with E-state index in [1.54, 1.807) is 45.8 Å². The molecule has 0 aliphatic heterocycles. The maximum Gasteiger partial charge on any atom is 0.229 e. The molecule has 1 aliphatic carbocycles. The highest BCUT2D eigenvalue weighted by Gasteiger charge is 2.30. The Balaban J connectivity index is 1.67. The van der Waals surface area contributed by atoms with E-state index in [2.05, 4.69) is 25.6 Å². The van der Waals surface area contributed by atoms with Gasteiger partial charge in [0.1, 0.15) is 11.6 Å². The fraction of sp³-hybridized carbons (Fsp3) is 0.273. The van der Waals surface area contributed by atoms with Crippen molar-refractivity contribution in [3.63, 3.8) is 0 Å². The van der Waals surface area contributed by atoms with Crippen LogP contribution in [0.2, 0.25) is 0 Å². The number of hydrogen-bond acceptors (Lipinski definition) is 8. The van der Waals surface area contributed by atoms with Gasteiger partial charge < -0.3 is 24.5 Å². The lowest BCUT2D eigenvalue weighted by molar-refractivity contribution is -0.117. The summed E-state index contributed by atoms with van der Waals surface area (Å²) in [5, 5.41) is 7.56. The van der Waals surface area contributed by atoms with E-state index in [1.807, 2.05) is 6.07 Å². The number of fused-ring (bicyclic) bond motifs is 2. The van der Waals surface area contributed by atoms with Gasteiger partial charge in [0.05, 0.1) is 19.8 Å². The van der Waals surface area contributed by atoms with Crippen LogP contribution in [0.5, 0.6) is 11.5 Å². The molecular weight excluding hydrogens is 398 g/mol. The van der Waals surface area contributed by atoms with Gasteiger partial charge >= 0.3 is 0 Å². The minimum absolute atomic E-state index is 0.00464. The molecule has 0 unspecified atom stereocenters. The highest BCUT2D eigenvalue weighted by molar-refractivity contribution is 6.03. The average molecular weight is 419 g/mol. The summed E-state index contributed by atoms with van der Waals surface area (Å²) in [4.78, 5) is 25.7. The van der Waals surface area contributed by atoms with Crippen molar-refractivity contribution >= 4 is 39.4 Å². The first-order valence-corrected chi connectivity index (χ1v) is 9.92. The predicted octanol–water partition coefficient (Wildman–Crippen LogP) is 3.85. The van der Waals surface area contributed by atoms with E-state index in [0.717, 1.165) is 23.6 Å². The summed E-state index contributed by atoms with van der Waals surface area (Å²) in [6, 6.07) is 5.37. The largest absolute Gasteiger partial charge is 0.493 e. The van der Waals surface area contributed by atoms with Crippen LogP contribution in [0.3, 0.4) is 0 Å². The van der Waals surface area contributed by atoms with Crippen molar-refractivity contribution in [2.45, 2.75) is 12.8 Å². The third-order valence-corrected chi connectivity index (χ3v) is 5.34. The summed E-state index contributed by atoms with van der Waals surface area (Å²) < 4.78 is 16.9. The topological polar surface area (TPSA) is 111 Å². The molecule has 1 fully saturated rings. The van der Waals surface area contributed by atoms with Crippen molar-refractivity contribution in [3.8, 4) is 23.0 Å². The highest BCUT2D eigenvalue weighted by Crippen LogP contribution is 2.39. The minimum atomic E-state index is -0.00464. The van der Waals surface area contributed by atoms with E-state index >= 15 is 0 Å². The van der Waals surface area contributed by atoms with Crippen molar-refractivity contribution in [1.29, 1.82) is 0 Å². The third kappa shape index (κ3) is 3.27. The Morgan fingerprint density at radius 2 is 1.97 bits per heavy atom. The molecule has 1 aromatic carbocycles. The molecule has 2 N–H and O–H groups in total. The van der Waals surface area contributed by atoms with E-state index in [-0.39, 0.29) is 11.8 Å². The van der Waals surface area contributed by atoms with E-state index < -0.39 is 0 Å². The first-order valence-electron chi connectivity index (χ1n) is 9.92. The minimum Gasteiger partial charge on any atom is -0.493 e. The van der Waals surface area contributed by atoms with Crippen LogP contribution < -0.4 is 20.1 Å². The molecule has 0 bridgehead atoms. The second kappa shape index (κ2) is 7.42. The number of carbonyl (C=O) groups excluding carboxylic acids is 1. The lowest BCUT2D eigenvalue weighted by Gasteiger charge is -2.10. The second-order valence-electron chi connectivity index (χ2n) is 7.32. The Bertz CT molecular complexity index is 1310. The van der Waals surface area contributed by atoms with Crippen LogP contribution in [0.1, 0.15) is 12.8 Å². The van der Waals surface area contributed by atoms with Crippen LogP contribution in [0.25, 0.3) is 33.3 Å². The number of aromatic nitrogens is 3. The lowest BCUT2D eigenvalue weighted by atomic mass is 10.1. The van der Waals surface area contributed by atoms with Gasteiger partial charge in [0.15, 0.2) is 22.6 Å². The van der Waals surface area contributed by atoms with Gasteiger partial charge in [0.2, 0.25) is 11.8 Å². The van der Waals surface area contributed by atoms with Crippen molar-refractivity contribution in [1.82, 2.24) is 15.0 Å². The van der Waals surface area contributed by atoms with E-state index in [9.17, 15) is 4.79 Å². The molecule has 9 heteroatoms. The van der Waals surface area contributed by atoms with Gasteiger partial charge in [-0.2, -0.15) is 0 Å². The fourth-order valence-corrected chi connectivity index (χ4v) is 3.57. The number of ether oxygens (including phenoxy) is 2.